The summed E-state index contributed by atoms with van der Waals surface area (Å²) in [6.07, 6.45) is 0.726. The molecular weight excluding hydrogens is 973 g/mol. The van der Waals surface area contributed by atoms with Crippen molar-refractivity contribution in [1.82, 2.24) is 9.55 Å². The third-order valence-corrected chi connectivity index (χ3v) is 15.9. The molecule has 412 valence electrons. The number of ether oxygens (including phenoxy) is 1. The summed E-state index contributed by atoms with van der Waals surface area (Å²) in [5, 5.41) is 2.06. The molecule has 0 saturated heterocycles. The molecule has 5 nitrogen and oxygen atoms in total. The van der Waals surface area contributed by atoms with E-state index < -0.39 is 34.4 Å². The van der Waals surface area contributed by atoms with Crippen LogP contribution in [0, 0.1) is 16.2 Å². The number of para-hydroxylation sites is 3. The van der Waals surface area contributed by atoms with Crippen molar-refractivity contribution in [2.24, 2.45) is 16.2 Å². The highest BCUT2D eigenvalue weighted by molar-refractivity contribution is 6.09. The van der Waals surface area contributed by atoms with E-state index in [0.717, 1.165) is 90.8 Å². The molecule has 5 heteroatoms. The summed E-state index contributed by atoms with van der Waals surface area (Å²) in [5.41, 5.74) is 10.3. The Balaban J connectivity index is 1.10. The molecular formula is C75H86N4O. The maximum absolute atomic E-state index is 10.5. The highest BCUT2D eigenvalue weighted by Crippen LogP contribution is 2.54. The molecule has 0 saturated carbocycles. The second-order valence-corrected chi connectivity index (χ2v) is 28.4. The highest BCUT2D eigenvalue weighted by atomic mass is 16.5. The average molecular weight is 1070 g/mol. The topological polar surface area (TPSA) is 33.5 Å². The van der Waals surface area contributed by atoms with Crippen LogP contribution in [0.2, 0.25) is 0 Å². The second kappa shape index (κ2) is 19.9. The number of anilines is 4. The van der Waals surface area contributed by atoms with Gasteiger partial charge in [-0.2, -0.15) is 0 Å². The Morgan fingerprint density at radius 3 is 1.89 bits per heavy atom. The lowest BCUT2D eigenvalue weighted by atomic mass is 9.63. The molecule has 0 spiro atoms. The van der Waals surface area contributed by atoms with Crippen LogP contribution in [0.5, 0.6) is 11.5 Å². The van der Waals surface area contributed by atoms with Gasteiger partial charge < -0.3 is 14.5 Å². The Labute approximate surface area is 488 Å². The fraction of sp³-hybridized carbons (Fsp3) is 0.373. The van der Waals surface area contributed by atoms with Crippen molar-refractivity contribution < 1.29 is 14.3 Å². The Morgan fingerprint density at radius 2 is 1.19 bits per heavy atom. The SMILES string of the molecule is [2H]c1c([2H])c2c(c([2H])c1-c1cc(CC(C)(C)C)cc(-c3cc(C(C)(C)C)cc(C([2H])([2H])C(C)(C)C)c3)c1N1CN(c3cccc(Oc4ccc5c6ccccc6n(-c6cc(C([2H])([2H])C(C)(C)C)ccn6)c5c4)c3)c3ccccc31)C(C)(C)CCC2(C)C. The van der Waals surface area contributed by atoms with Crippen molar-refractivity contribution >= 4 is 44.6 Å². The summed E-state index contributed by atoms with van der Waals surface area (Å²) in [7, 11) is 0. The van der Waals surface area contributed by atoms with E-state index in [1.807, 2.05) is 96.1 Å². The summed E-state index contributed by atoms with van der Waals surface area (Å²) in [6.45, 7) is 33.9. The number of hydrogen-bond donors (Lipinski definition) is 0. The van der Waals surface area contributed by atoms with Crippen molar-refractivity contribution in [1.29, 1.82) is 0 Å². The lowest BCUT2D eigenvalue weighted by Crippen LogP contribution is -2.33. The second-order valence-electron chi connectivity index (χ2n) is 28.4. The number of nitrogens with zero attached hydrogens (tertiary/aromatic N) is 4. The number of fused-ring (bicyclic) bond motifs is 5. The van der Waals surface area contributed by atoms with E-state index >= 15 is 0 Å². The predicted octanol–water partition coefficient (Wildman–Crippen LogP) is 21.0. The first-order valence-electron chi connectivity index (χ1n) is 32.3. The Morgan fingerprint density at radius 1 is 0.550 bits per heavy atom. The molecule has 7 aromatic carbocycles. The van der Waals surface area contributed by atoms with Gasteiger partial charge in [0.1, 0.15) is 24.0 Å². The van der Waals surface area contributed by atoms with Crippen molar-refractivity contribution in [3.05, 3.63) is 191 Å². The quantitative estimate of drug-likeness (QED) is 0.137. The molecule has 0 amide bonds. The summed E-state index contributed by atoms with van der Waals surface area (Å²) >= 11 is 0. The van der Waals surface area contributed by atoms with E-state index in [1.54, 1.807) is 12.3 Å². The van der Waals surface area contributed by atoms with Gasteiger partial charge in [0, 0.05) is 51.4 Å². The molecule has 2 aromatic heterocycles. The van der Waals surface area contributed by atoms with Crippen LogP contribution in [0.15, 0.2) is 158 Å². The Kier molecular flexibility index (Phi) is 11.6. The molecule has 0 radical (unpaired) electrons. The number of rotatable bonds is 10. The van der Waals surface area contributed by atoms with Gasteiger partial charge in [-0.15, -0.1) is 0 Å². The van der Waals surface area contributed by atoms with E-state index in [2.05, 4.69) is 156 Å². The number of hydrogen-bond acceptors (Lipinski definition) is 4. The first kappa shape index (κ1) is 46.6. The lowest BCUT2D eigenvalue weighted by molar-refractivity contribution is 0.332. The Hall–Kier alpha value is -7.11. The molecule has 11 rings (SSSR count). The first-order valence-corrected chi connectivity index (χ1v) is 28.8. The summed E-state index contributed by atoms with van der Waals surface area (Å²) in [6, 6.07) is 45.7. The van der Waals surface area contributed by atoms with Crippen LogP contribution in [0.3, 0.4) is 0 Å². The lowest BCUT2D eigenvalue weighted by Gasteiger charge is -2.42. The van der Waals surface area contributed by atoms with E-state index in [0.29, 0.717) is 52.7 Å². The molecule has 1 aliphatic carbocycles. The zero-order valence-corrected chi connectivity index (χ0v) is 50.3. The fourth-order valence-electron chi connectivity index (χ4n) is 12.1. The molecule has 0 fully saturated rings. The monoisotopic (exact) mass is 1070 g/mol. The molecule has 80 heavy (non-hydrogen) atoms. The maximum Gasteiger partial charge on any atom is 0.137 e. The third kappa shape index (κ3) is 11.1. The number of aromatic nitrogens is 2. The van der Waals surface area contributed by atoms with E-state index in [-0.39, 0.29) is 29.0 Å². The largest absolute Gasteiger partial charge is 0.457 e. The van der Waals surface area contributed by atoms with Gasteiger partial charge in [0.2, 0.25) is 0 Å². The molecule has 0 N–H and O–H groups in total. The summed E-state index contributed by atoms with van der Waals surface area (Å²) in [5.74, 6) is 1.86. The normalized spacial score (nSPS) is 17.0. The van der Waals surface area contributed by atoms with Gasteiger partial charge in [0.25, 0.3) is 0 Å². The maximum atomic E-state index is 10.5. The van der Waals surface area contributed by atoms with E-state index in [9.17, 15) is 6.85 Å². The van der Waals surface area contributed by atoms with Gasteiger partial charge in [0.05, 0.1) is 32.2 Å². The summed E-state index contributed by atoms with van der Waals surface area (Å²) in [4.78, 5) is 9.43. The third-order valence-electron chi connectivity index (χ3n) is 15.9. The van der Waals surface area contributed by atoms with Gasteiger partial charge in [-0.25, -0.2) is 4.98 Å². The van der Waals surface area contributed by atoms with Crippen LogP contribution in [0.4, 0.5) is 22.7 Å². The zero-order chi connectivity index (χ0) is 63.1. The molecule has 0 unspecified atom stereocenters. The molecule has 9 aromatic rings. The van der Waals surface area contributed by atoms with Crippen molar-refractivity contribution in [2.45, 2.75) is 159 Å². The minimum atomic E-state index is -1.73. The van der Waals surface area contributed by atoms with Gasteiger partial charge in [-0.1, -0.05) is 184 Å². The zero-order valence-electron chi connectivity index (χ0n) is 57.3. The smallest absolute Gasteiger partial charge is 0.137 e. The molecule has 0 bridgehead atoms. The first-order chi connectivity index (χ1) is 40.4. The van der Waals surface area contributed by atoms with Crippen LogP contribution in [-0.4, -0.2) is 16.2 Å². The minimum absolute atomic E-state index is 0.0404. The standard InChI is InChI=1S/C75H86N4O/c1-70(2,3)45-49-32-35-76-68(40-49)79-64-25-18-17-24-58(64)59-30-29-57(44-67(59)79)80-56-23-21-22-55(43-56)77-48-78(66-27-20-19-26-65(66)77)69-60(52-28-31-62-63(42-52)75(15,16)34-33-74(62,13)14)38-51(47-72(7,8)9)39-61(69)53-36-50(46-71(4,5)6)37-54(41-53)73(10,11)12/h17-32,35-44H,33-34,45-48H2,1-16H3/i28D,31D,42D,45D2,46D2. The molecule has 1 aliphatic heterocycles. The van der Waals surface area contributed by atoms with Gasteiger partial charge in [0.15, 0.2) is 0 Å². The molecule has 3 heterocycles. The van der Waals surface area contributed by atoms with Gasteiger partial charge in [-0.3, -0.25) is 4.57 Å². The van der Waals surface area contributed by atoms with E-state index in [4.69, 9.17) is 12.5 Å². The van der Waals surface area contributed by atoms with Crippen molar-refractivity contribution in [3.63, 3.8) is 0 Å². The Bertz CT molecular complexity index is 4200. The van der Waals surface area contributed by atoms with Crippen molar-refractivity contribution in [3.8, 4) is 39.6 Å². The van der Waals surface area contributed by atoms with Gasteiger partial charge in [-0.05, 0) is 176 Å². The molecule has 2 aliphatic rings. The average Bonchev–Trinajstić information content (AvgIpc) is 1.31. The molecule has 0 atom stereocenters. The minimum Gasteiger partial charge on any atom is -0.457 e. The van der Waals surface area contributed by atoms with Crippen LogP contribution in [0.1, 0.15) is 167 Å². The number of benzene rings is 7. The predicted molar refractivity (Wildman–Crippen MR) is 341 cm³/mol. The van der Waals surface area contributed by atoms with Crippen LogP contribution in [-0.2, 0) is 35.4 Å². The van der Waals surface area contributed by atoms with E-state index in [1.165, 1.54) is 0 Å². The highest BCUT2D eigenvalue weighted by Gasteiger charge is 2.38. The van der Waals surface area contributed by atoms with Crippen LogP contribution < -0.4 is 14.5 Å². The van der Waals surface area contributed by atoms with Crippen LogP contribution in [0.25, 0.3) is 49.9 Å². The van der Waals surface area contributed by atoms with Crippen molar-refractivity contribution in [2.75, 3.05) is 16.5 Å². The fourth-order valence-corrected chi connectivity index (χ4v) is 12.1. The van der Waals surface area contributed by atoms with Gasteiger partial charge >= 0.3 is 0 Å². The van der Waals surface area contributed by atoms with Crippen LogP contribution >= 0.6 is 0 Å². The number of pyridine rings is 1. The summed E-state index contributed by atoms with van der Waals surface area (Å²) < 4.78 is 77.6.